The molecule has 16 heavy (non-hydrogen) atoms. The number of aromatic nitrogens is 2. The van der Waals surface area contributed by atoms with E-state index in [4.69, 9.17) is 4.98 Å². The number of pyridine rings is 2. The predicted molar refractivity (Wildman–Crippen MR) is 64.5 cm³/mol. The lowest BCUT2D eigenvalue weighted by molar-refractivity contribution is 1.10. The number of nitrogens with zero attached hydrogens (tertiary/aromatic N) is 2. The minimum atomic E-state index is 0.931. The van der Waals surface area contributed by atoms with E-state index in [0.717, 1.165) is 17.8 Å². The molecule has 0 bridgehead atoms. The quantitative estimate of drug-likeness (QED) is 0.570. The van der Waals surface area contributed by atoms with Crippen LogP contribution < -0.4 is 0 Å². The SMILES string of the molecule is Cc1cc2c(nc1C)-c1c(C)ccnc1C2. The number of aryl methyl sites for hydroxylation is 3. The van der Waals surface area contributed by atoms with E-state index in [1.165, 1.54) is 27.9 Å². The van der Waals surface area contributed by atoms with Crippen molar-refractivity contribution in [1.29, 1.82) is 0 Å². The molecule has 0 spiro atoms. The van der Waals surface area contributed by atoms with Gasteiger partial charge in [-0.2, -0.15) is 0 Å². The standard InChI is InChI=1S/C14H14N2/c1-8-4-5-15-12-7-11-6-9(2)10(3)16-14(11)13(8)12/h4-6H,7H2,1-3H3. The van der Waals surface area contributed by atoms with Gasteiger partial charge in [0, 0.05) is 23.9 Å². The van der Waals surface area contributed by atoms with Crippen LogP contribution in [0.1, 0.15) is 28.1 Å². The normalized spacial score (nSPS) is 12.4. The first-order valence-corrected chi connectivity index (χ1v) is 5.59. The van der Waals surface area contributed by atoms with Crippen molar-refractivity contribution in [2.45, 2.75) is 27.2 Å². The Bertz CT molecular complexity index is 586. The monoisotopic (exact) mass is 210 g/mol. The van der Waals surface area contributed by atoms with E-state index in [1.54, 1.807) is 0 Å². The second-order valence-corrected chi connectivity index (χ2v) is 4.52. The molecule has 2 heterocycles. The highest BCUT2D eigenvalue weighted by atomic mass is 14.8. The fourth-order valence-electron chi connectivity index (χ4n) is 2.37. The van der Waals surface area contributed by atoms with Crippen molar-refractivity contribution in [3.8, 4) is 11.3 Å². The van der Waals surface area contributed by atoms with Crippen LogP contribution in [-0.2, 0) is 6.42 Å². The lowest BCUT2D eigenvalue weighted by atomic mass is 10.1. The maximum atomic E-state index is 4.72. The lowest BCUT2D eigenvalue weighted by Crippen LogP contribution is -1.93. The molecule has 2 aromatic rings. The third-order valence-corrected chi connectivity index (χ3v) is 3.38. The van der Waals surface area contributed by atoms with Crippen molar-refractivity contribution in [2.75, 3.05) is 0 Å². The van der Waals surface area contributed by atoms with Gasteiger partial charge < -0.3 is 0 Å². The van der Waals surface area contributed by atoms with Gasteiger partial charge in [0.15, 0.2) is 0 Å². The van der Waals surface area contributed by atoms with Gasteiger partial charge in [-0.05, 0) is 43.5 Å². The summed E-state index contributed by atoms with van der Waals surface area (Å²) >= 11 is 0. The Kier molecular flexibility index (Phi) is 1.87. The summed E-state index contributed by atoms with van der Waals surface area (Å²) < 4.78 is 0. The molecule has 2 heteroatoms. The first-order valence-electron chi connectivity index (χ1n) is 5.59. The van der Waals surface area contributed by atoms with Crippen LogP contribution in [-0.4, -0.2) is 9.97 Å². The van der Waals surface area contributed by atoms with Gasteiger partial charge in [0.1, 0.15) is 0 Å². The van der Waals surface area contributed by atoms with Crippen LogP contribution in [0.15, 0.2) is 18.3 Å². The van der Waals surface area contributed by atoms with Gasteiger partial charge in [0.2, 0.25) is 0 Å². The summed E-state index contributed by atoms with van der Waals surface area (Å²) in [5, 5.41) is 0. The summed E-state index contributed by atoms with van der Waals surface area (Å²) in [5.74, 6) is 0. The van der Waals surface area contributed by atoms with E-state index in [9.17, 15) is 0 Å². The highest BCUT2D eigenvalue weighted by molar-refractivity contribution is 5.75. The van der Waals surface area contributed by atoms with Gasteiger partial charge >= 0.3 is 0 Å². The van der Waals surface area contributed by atoms with Gasteiger partial charge in [0.05, 0.1) is 11.4 Å². The molecule has 0 aromatic carbocycles. The summed E-state index contributed by atoms with van der Waals surface area (Å²) in [6.07, 6.45) is 2.82. The van der Waals surface area contributed by atoms with Crippen LogP contribution >= 0.6 is 0 Å². The largest absolute Gasteiger partial charge is 0.260 e. The zero-order valence-electron chi connectivity index (χ0n) is 9.83. The third-order valence-electron chi connectivity index (χ3n) is 3.38. The summed E-state index contributed by atoms with van der Waals surface area (Å²) in [5.41, 5.74) is 8.55. The molecule has 0 fully saturated rings. The molecular formula is C14H14N2. The van der Waals surface area contributed by atoms with E-state index >= 15 is 0 Å². The van der Waals surface area contributed by atoms with Crippen molar-refractivity contribution in [3.63, 3.8) is 0 Å². The lowest BCUT2D eigenvalue weighted by Gasteiger charge is -2.06. The molecule has 2 nitrogen and oxygen atoms in total. The Morgan fingerprint density at radius 2 is 1.94 bits per heavy atom. The summed E-state index contributed by atoms with van der Waals surface area (Å²) in [6.45, 7) is 6.32. The maximum Gasteiger partial charge on any atom is 0.0762 e. The average Bonchev–Trinajstić information content (AvgIpc) is 2.58. The van der Waals surface area contributed by atoms with Crippen LogP contribution in [0.5, 0.6) is 0 Å². The van der Waals surface area contributed by atoms with Crippen LogP contribution in [0.4, 0.5) is 0 Å². The van der Waals surface area contributed by atoms with Crippen LogP contribution in [0.25, 0.3) is 11.3 Å². The maximum absolute atomic E-state index is 4.72. The van der Waals surface area contributed by atoms with Gasteiger partial charge in [-0.25, -0.2) is 0 Å². The summed E-state index contributed by atoms with van der Waals surface area (Å²) in [4.78, 5) is 9.17. The van der Waals surface area contributed by atoms with Gasteiger partial charge in [-0.15, -0.1) is 0 Å². The van der Waals surface area contributed by atoms with Gasteiger partial charge in [0.25, 0.3) is 0 Å². The van der Waals surface area contributed by atoms with Gasteiger partial charge in [-0.1, -0.05) is 6.07 Å². The molecule has 0 atom stereocenters. The summed E-state index contributed by atoms with van der Waals surface area (Å²) in [7, 11) is 0. The Morgan fingerprint density at radius 1 is 1.12 bits per heavy atom. The molecule has 0 amide bonds. The van der Waals surface area contributed by atoms with Crippen LogP contribution in [0.2, 0.25) is 0 Å². The highest BCUT2D eigenvalue weighted by Crippen LogP contribution is 2.36. The van der Waals surface area contributed by atoms with E-state index < -0.39 is 0 Å². The molecule has 2 aromatic heterocycles. The minimum Gasteiger partial charge on any atom is -0.260 e. The zero-order chi connectivity index (χ0) is 11.3. The number of hydrogen-bond donors (Lipinski definition) is 0. The van der Waals surface area contributed by atoms with E-state index in [2.05, 4.69) is 37.9 Å². The second-order valence-electron chi connectivity index (χ2n) is 4.52. The Morgan fingerprint density at radius 3 is 2.75 bits per heavy atom. The summed E-state index contributed by atoms with van der Waals surface area (Å²) in [6, 6.07) is 4.31. The minimum absolute atomic E-state index is 0.931. The third kappa shape index (κ3) is 1.19. The molecule has 0 aliphatic heterocycles. The molecule has 3 rings (SSSR count). The Hall–Kier alpha value is -1.70. The van der Waals surface area contributed by atoms with Crippen LogP contribution in [0.3, 0.4) is 0 Å². The topological polar surface area (TPSA) is 25.8 Å². The Labute approximate surface area is 95.4 Å². The van der Waals surface area contributed by atoms with Gasteiger partial charge in [-0.3, -0.25) is 9.97 Å². The molecule has 0 saturated heterocycles. The molecule has 0 unspecified atom stereocenters. The number of hydrogen-bond acceptors (Lipinski definition) is 2. The van der Waals surface area contributed by atoms with Crippen molar-refractivity contribution in [2.24, 2.45) is 0 Å². The van der Waals surface area contributed by atoms with Crippen molar-refractivity contribution < 1.29 is 0 Å². The highest BCUT2D eigenvalue weighted by Gasteiger charge is 2.23. The molecule has 1 aliphatic rings. The first kappa shape index (κ1) is 9.52. The molecular weight excluding hydrogens is 196 g/mol. The van der Waals surface area contributed by atoms with Crippen molar-refractivity contribution >= 4 is 0 Å². The Balaban J connectivity index is 2.32. The molecule has 0 saturated carbocycles. The van der Waals surface area contributed by atoms with Crippen LogP contribution in [0, 0.1) is 20.8 Å². The smallest absolute Gasteiger partial charge is 0.0762 e. The van der Waals surface area contributed by atoms with Crippen molar-refractivity contribution in [3.05, 3.63) is 46.4 Å². The average molecular weight is 210 g/mol. The van der Waals surface area contributed by atoms with E-state index in [1.807, 2.05) is 6.20 Å². The zero-order valence-corrected chi connectivity index (χ0v) is 9.83. The molecule has 0 N–H and O–H groups in total. The first-order chi connectivity index (χ1) is 7.66. The molecule has 1 aliphatic carbocycles. The fourth-order valence-corrected chi connectivity index (χ4v) is 2.37. The van der Waals surface area contributed by atoms with Crippen molar-refractivity contribution in [1.82, 2.24) is 9.97 Å². The molecule has 0 radical (unpaired) electrons. The number of rotatable bonds is 0. The second kappa shape index (κ2) is 3.14. The van der Waals surface area contributed by atoms with E-state index in [-0.39, 0.29) is 0 Å². The predicted octanol–water partition coefficient (Wildman–Crippen LogP) is 2.97. The fraction of sp³-hybridized carbons (Fsp3) is 0.286. The number of fused-ring (bicyclic) bond motifs is 3. The van der Waals surface area contributed by atoms with E-state index in [0.29, 0.717) is 0 Å². The molecule has 80 valence electrons.